The van der Waals surface area contributed by atoms with Crippen LogP contribution in [0.4, 0.5) is 0 Å². The quantitative estimate of drug-likeness (QED) is 0.858. The summed E-state index contributed by atoms with van der Waals surface area (Å²) in [6.45, 7) is 6.27. The van der Waals surface area contributed by atoms with Gasteiger partial charge in [-0.25, -0.2) is 4.99 Å². The minimum atomic E-state index is -0.199. The van der Waals surface area contributed by atoms with Crippen LogP contribution in [0, 0.1) is 6.92 Å². The molecule has 3 rings (SSSR count). The van der Waals surface area contributed by atoms with Gasteiger partial charge in [0.1, 0.15) is 17.3 Å². The molecule has 0 saturated heterocycles. The van der Waals surface area contributed by atoms with E-state index in [1.165, 1.54) is 5.56 Å². The fraction of sp³-hybridized carbons (Fsp3) is 0.238. The van der Waals surface area contributed by atoms with Crippen LogP contribution in [0.1, 0.15) is 42.0 Å². The normalized spacial score (nSPS) is 15.5. The van der Waals surface area contributed by atoms with Crippen LogP contribution in [-0.2, 0) is 4.79 Å². The lowest BCUT2D eigenvalue weighted by Crippen LogP contribution is -2.25. The predicted molar refractivity (Wildman–Crippen MR) is 101 cm³/mol. The van der Waals surface area contributed by atoms with Crippen molar-refractivity contribution >= 4 is 17.8 Å². The molecule has 1 aliphatic heterocycles. The Morgan fingerprint density at radius 1 is 1.16 bits per heavy atom. The molecule has 1 heterocycles. The molecule has 0 aromatic heterocycles. The Labute approximate surface area is 148 Å². The highest BCUT2D eigenvalue weighted by atomic mass is 16.5. The van der Waals surface area contributed by atoms with Crippen LogP contribution in [0.15, 0.2) is 53.2 Å². The van der Waals surface area contributed by atoms with Crippen LogP contribution in [0.2, 0.25) is 0 Å². The number of benzene rings is 2. The van der Waals surface area contributed by atoms with Crippen molar-refractivity contribution in [1.82, 2.24) is 5.32 Å². The molecule has 4 nitrogen and oxygen atoms in total. The summed E-state index contributed by atoms with van der Waals surface area (Å²) in [5, 5.41) is 2.86. The zero-order valence-corrected chi connectivity index (χ0v) is 15.0. The number of carbonyl (C=O) groups excluding carboxylic acids is 1. The van der Waals surface area contributed by atoms with Gasteiger partial charge in [-0.2, -0.15) is 0 Å². The largest absolute Gasteiger partial charge is 0.496 e. The van der Waals surface area contributed by atoms with Gasteiger partial charge in [0.25, 0.3) is 5.91 Å². The molecular formula is C21H22N2O2. The Bertz CT molecular complexity index is 879. The van der Waals surface area contributed by atoms with Crippen molar-refractivity contribution in [2.24, 2.45) is 4.99 Å². The van der Waals surface area contributed by atoms with E-state index in [1.807, 2.05) is 49.4 Å². The molecule has 0 saturated carbocycles. The van der Waals surface area contributed by atoms with Crippen molar-refractivity contribution < 1.29 is 9.53 Å². The molecule has 0 spiro atoms. The van der Waals surface area contributed by atoms with E-state index in [9.17, 15) is 4.79 Å². The van der Waals surface area contributed by atoms with Gasteiger partial charge in [-0.3, -0.25) is 4.79 Å². The number of aliphatic imine (C=N–C) groups is 1. The molecule has 1 N–H and O–H groups in total. The summed E-state index contributed by atoms with van der Waals surface area (Å²) in [4.78, 5) is 16.9. The SMILES string of the molecule is COc1ccc(C(C)C)cc1/C=C1\N=C(c2ccccc2C)NC1=O. The molecule has 1 amide bonds. The van der Waals surface area contributed by atoms with Gasteiger partial charge >= 0.3 is 0 Å². The third-order valence-corrected chi connectivity index (χ3v) is 4.31. The molecule has 0 atom stereocenters. The van der Waals surface area contributed by atoms with Gasteiger partial charge in [-0.15, -0.1) is 0 Å². The first-order chi connectivity index (χ1) is 12.0. The number of hydrogen-bond acceptors (Lipinski definition) is 3. The van der Waals surface area contributed by atoms with E-state index in [-0.39, 0.29) is 5.91 Å². The molecule has 0 bridgehead atoms. The number of rotatable bonds is 4. The van der Waals surface area contributed by atoms with Gasteiger partial charge in [0.15, 0.2) is 0 Å². The fourth-order valence-corrected chi connectivity index (χ4v) is 2.81. The minimum Gasteiger partial charge on any atom is -0.496 e. The molecular weight excluding hydrogens is 312 g/mol. The molecule has 1 aliphatic rings. The van der Waals surface area contributed by atoms with Crippen LogP contribution in [0.5, 0.6) is 5.75 Å². The third kappa shape index (κ3) is 3.48. The molecule has 0 radical (unpaired) electrons. The molecule has 2 aromatic rings. The van der Waals surface area contributed by atoms with Crippen LogP contribution in [-0.4, -0.2) is 18.9 Å². The van der Waals surface area contributed by atoms with Gasteiger partial charge in [0, 0.05) is 11.1 Å². The maximum Gasteiger partial charge on any atom is 0.275 e. The highest BCUT2D eigenvalue weighted by Gasteiger charge is 2.22. The summed E-state index contributed by atoms with van der Waals surface area (Å²) in [6, 6.07) is 13.9. The molecule has 0 fully saturated rings. The van der Waals surface area contributed by atoms with E-state index < -0.39 is 0 Å². The molecule has 0 aliphatic carbocycles. The Kier molecular flexibility index (Phi) is 4.70. The number of carbonyl (C=O) groups is 1. The summed E-state index contributed by atoms with van der Waals surface area (Å²) in [7, 11) is 1.63. The van der Waals surface area contributed by atoms with E-state index in [4.69, 9.17) is 4.74 Å². The van der Waals surface area contributed by atoms with E-state index in [0.29, 0.717) is 17.5 Å². The lowest BCUT2D eigenvalue weighted by molar-refractivity contribution is -0.115. The fourth-order valence-electron chi connectivity index (χ4n) is 2.81. The maximum atomic E-state index is 12.4. The van der Waals surface area contributed by atoms with Crippen LogP contribution in [0.25, 0.3) is 6.08 Å². The highest BCUT2D eigenvalue weighted by Crippen LogP contribution is 2.27. The zero-order valence-electron chi connectivity index (χ0n) is 15.0. The smallest absolute Gasteiger partial charge is 0.275 e. The monoisotopic (exact) mass is 334 g/mol. The Balaban J connectivity index is 2.03. The number of hydrogen-bond donors (Lipinski definition) is 1. The van der Waals surface area contributed by atoms with Crippen molar-refractivity contribution in [2.75, 3.05) is 7.11 Å². The number of ether oxygens (including phenoxy) is 1. The second-order valence-electron chi connectivity index (χ2n) is 6.42. The maximum absolute atomic E-state index is 12.4. The number of amides is 1. The highest BCUT2D eigenvalue weighted by molar-refractivity contribution is 6.20. The van der Waals surface area contributed by atoms with Crippen molar-refractivity contribution in [2.45, 2.75) is 26.7 Å². The summed E-state index contributed by atoms with van der Waals surface area (Å²) in [5.74, 6) is 1.51. The third-order valence-electron chi connectivity index (χ3n) is 4.31. The number of methoxy groups -OCH3 is 1. The summed E-state index contributed by atoms with van der Waals surface area (Å²) < 4.78 is 5.43. The van der Waals surface area contributed by atoms with E-state index in [1.54, 1.807) is 13.2 Å². The van der Waals surface area contributed by atoms with Gasteiger partial charge in [-0.05, 0) is 42.2 Å². The zero-order chi connectivity index (χ0) is 18.0. The summed E-state index contributed by atoms with van der Waals surface area (Å²) >= 11 is 0. The van der Waals surface area contributed by atoms with E-state index >= 15 is 0 Å². The lowest BCUT2D eigenvalue weighted by atomic mass is 10.00. The minimum absolute atomic E-state index is 0.199. The Morgan fingerprint density at radius 3 is 2.60 bits per heavy atom. The van der Waals surface area contributed by atoms with E-state index in [0.717, 1.165) is 22.4 Å². The number of nitrogens with one attached hydrogen (secondary N) is 1. The van der Waals surface area contributed by atoms with Crippen molar-refractivity contribution in [1.29, 1.82) is 0 Å². The predicted octanol–water partition coefficient (Wildman–Crippen LogP) is 4.04. The van der Waals surface area contributed by atoms with E-state index in [2.05, 4.69) is 24.2 Å². The second kappa shape index (κ2) is 6.93. The summed E-state index contributed by atoms with van der Waals surface area (Å²) in [5.41, 5.74) is 4.43. The van der Waals surface area contributed by atoms with Crippen LogP contribution < -0.4 is 10.1 Å². The van der Waals surface area contributed by atoms with Crippen LogP contribution >= 0.6 is 0 Å². The van der Waals surface area contributed by atoms with Gasteiger partial charge in [0.2, 0.25) is 0 Å². The Hall–Kier alpha value is -2.88. The Morgan fingerprint density at radius 2 is 1.92 bits per heavy atom. The first-order valence-electron chi connectivity index (χ1n) is 8.35. The van der Waals surface area contributed by atoms with Gasteiger partial charge < -0.3 is 10.1 Å². The molecule has 25 heavy (non-hydrogen) atoms. The summed E-state index contributed by atoms with van der Waals surface area (Å²) in [6.07, 6.45) is 1.78. The van der Waals surface area contributed by atoms with Crippen molar-refractivity contribution in [3.63, 3.8) is 0 Å². The number of amidine groups is 1. The van der Waals surface area contributed by atoms with Crippen molar-refractivity contribution in [3.8, 4) is 5.75 Å². The molecule has 0 unspecified atom stereocenters. The number of aryl methyl sites for hydroxylation is 1. The topological polar surface area (TPSA) is 50.7 Å². The van der Waals surface area contributed by atoms with Crippen molar-refractivity contribution in [3.05, 3.63) is 70.4 Å². The molecule has 4 heteroatoms. The van der Waals surface area contributed by atoms with Gasteiger partial charge in [0.05, 0.1) is 7.11 Å². The number of nitrogens with zero attached hydrogens (tertiary/aromatic N) is 1. The van der Waals surface area contributed by atoms with Crippen LogP contribution in [0.3, 0.4) is 0 Å². The molecule has 128 valence electrons. The molecule has 2 aromatic carbocycles. The lowest BCUT2D eigenvalue weighted by Gasteiger charge is -2.10. The standard InChI is InChI=1S/C21H22N2O2/c1-13(2)15-9-10-19(25-4)16(11-15)12-18-21(24)23-20(22-18)17-8-6-5-7-14(17)3/h5-13H,1-4H3,(H,22,23,24)/b18-12-. The average molecular weight is 334 g/mol. The first-order valence-corrected chi connectivity index (χ1v) is 8.35. The first kappa shape index (κ1) is 17.0. The second-order valence-corrected chi connectivity index (χ2v) is 6.42. The average Bonchev–Trinajstić information content (AvgIpc) is 2.95. The van der Waals surface area contributed by atoms with Gasteiger partial charge in [-0.1, -0.05) is 44.2 Å².